The number of allylic oxidation sites excluding steroid dienone is 2. The van der Waals surface area contributed by atoms with Crippen molar-refractivity contribution in [3.63, 3.8) is 0 Å². The fourth-order valence-corrected chi connectivity index (χ4v) is 4.34. The van der Waals surface area contributed by atoms with Crippen LogP contribution in [0.5, 0.6) is 0 Å². The van der Waals surface area contributed by atoms with Crippen molar-refractivity contribution >= 4 is 23.0 Å². The van der Waals surface area contributed by atoms with Gasteiger partial charge in [0.05, 0.1) is 23.1 Å². The number of hydrogen-bond acceptors (Lipinski definition) is 7. The first-order valence-electron chi connectivity index (χ1n) is 12.6. The van der Waals surface area contributed by atoms with E-state index in [1.807, 2.05) is 26.8 Å². The number of nitrogens with zero attached hydrogens (tertiary/aromatic N) is 5. The highest BCUT2D eigenvalue weighted by Gasteiger charge is 2.36. The van der Waals surface area contributed by atoms with Gasteiger partial charge >= 0.3 is 0 Å². The van der Waals surface area contributed by atoms with Crippen LogP contribution in [0.25, 0.3) is 5.57 Å². The van der Waals surface area contributed by atoms with Gasteiger partial charge in [-0.2, -0.15) is 10.2 Å². The molecule has 0 saturated heterocycles. The third kappa shape index (κ3) is 5.00. The van der Waals surface area contributed by atoms with Gasteiger partial charge in [0.15, 0.2) is 5.82 Å². The van der Waals surface area contributed by atoms with Crippen LogP contribution in [0.15, 0.2) is 47.3 Å². The maximum absolute atomic E-state index is 15.1. The summed E-state index contributed by atoms with van der Waals surface area (Å²) in [7, 11) is 1.76. The Labute approximate surface area is 219 Å². The molecule has 198 valence electrons. The molecule has 1 atom stereocenters. The molecule has 3 heterocycles. The summed E-state index contributed by atoms with van der Waals surface area (Å²) >= 11 is 0. The number of anilines is 2. The lowest BCUT2D eigenvalue weighted by molar-refractivity contribution is 0.0905. The summed E-state index contributed by atoms with van der Waals surface area (Å²) < 4.78 is 15.1. The van der Waals surface area contributed by atoms with Crippen molar-refractivity contribution in [3.8, 4) is 0 Å². The number of rotatable bonds is 6. The van der Waals surface area contributed by atoms with Gasteiger partial charge in [-0.1, -0.05) is 26.8 Å². The third-order valence-corrected chi connectivity index (χ3v) is 6.96. The minimum Gasteiger partial charge on any atom is -0.339 e. The number of halogens is 1. The highest BCUT2D eigenvalue weighted by atomic mass is 19.1. The zero-order chi connectivity index (χ0) is 27.2. The molecule has 1 amide bonds. The molecular formula is C27H31FN8O2. The lowest BCUT2D eigenvalue weighted by Crippen LogP contribution is -2.48. The summed E-state index contributed by atoms with van der Waals surface area (Å²) in [5, 5.41) is 16.9. The molecule has 2 aliphatic carbocycles. The van der Waals surface area contributed by atoms with Crippen LogP contribution in [0.3, 0.4) is 0 Å². The van der Waals surface area contributed by atoms with E-state index >= 15 is 4.39 Å². The highest BCUT2D eigenvalue weighted by Crippen LogP contribution is 2.40. The predicted molar refractivity (Wildman–Crippen MR) is 142 cm³/mol. The normalized spacial score (nSPS) is 19.5. The fraction of sp³-hybridized carbons (Fsp3) is 0.407. The second-order valence-corrected chi connectivity index (χ2v) is 11.2. The molecule has 0 bridgehead atoms. The van der Waals surface area contributed by atoms with Crippen LogP contribution in [0.2, 0.25) is 0 Å². The molecule has 0 aliphatic heterocycles. The Balaban J connectivity index is 1.36. The molecule has 0 spiro atoms. The first kappa shape index (κ1) is 25.5. The molecule has 5 rings (SSSR count). The summed E-state index contributed by atoms with van der Waals surface area (Å²) in [4.78, 5) is 35.9. The Morgan fingerprint density at radius 2 is 1.89 bits per heavy atom. The topological polar surface area (TPSA) is 133 Å². The summed E-state index contributed by atoms with van der Waals surface area (Å²) in [5.74, 6) is 0.0824. The lowest BCUT2D eigenvalue weighted by Gasteiger charge is -2.32. The molecule has 38 heavy (non-hydrogen) atoms. The zero-order valence-electron chi connectivity index (χ0n) is 22.1. The van der Waals surface area contributed by atoms with Gasteiger partial charge < -0.3 is 10.2 Å². The van der Waals surface area contributed by atoms with Gasteiger partial charge in [-0.3, -0.25) is 19.7 Å². The number of H-pyrrole nitrogens is 2. The fourth-order valence-electron chi connectivity index (χ4n) is 4.34. The lowest BCUT2D eigenvalue weighted by atomic mass is 9.85. The van der Waals surface area contributed by atoms with Gasteiger partial charge in [0.25, 0.3) is 11.5 Å². The highest BCUT2D eigenvalue weighted by molar-refractivity contribution is 5.93. The standard InChI is InChI=1S/C27H31FN8O2/c1-26(2,3)22-14-29-19(13-30-22)24(37)31-27(4)12-16(8-9-21(27)28)17-10-20(25(38)35-33-17)36(5)23-11-18(32-34-23)15-6-7-15/h8-11,13-15H,6-7,12H2,1-5H3,(H,31,37)(H,32,34)(H,35,38). The maximum Gasteiger partial charge on any atom is 0.288 e. The molecule has 3 aromatic heterocycles. The van der Waals surface area contributed by atoms with Gasteiger partial charge in [0.2, 0.25) is 0 Å². The van der Waals surface area contributed by atoms with E-state index in [-0.39, 0.29) is 23.1 Å². The van der Waals surface area contributed by atoms with Gasteiger partial charge in [-0.15, -0.1) is 0 Å². The van der Waals surface area contributed by atoms with Crippen LogP contribution in [0.4, 0.5) is 15.9 Å². The van der Waals surface area contributed by atoms with Crippen molar-refractivity contribution in [2.24, 2.45) is 0 Å². The molecule has 3 aromatic rings. The Hall–Kier alpha value is -4.15. The average Bonchev–Trinajstić information content (AvgIpc) is 3.61. The van der Waals surface area contributed by atoms with E-state index in [0.717, 1.165) is 24.2 Å². The summed E-state index contributed by atoms with van der Waals surface area (Å²) in [6.07, 6.45) is 8.25. The largest absolute Gasteiger partial charge is 0.339 e. The van der Waals surface area contributed by atoms with E-state index in [0.29, 0.717) is 28.7 Å². The molecule has 3 N–H and O–H groups in total. The van der Waals surface area contributed by atoms with E-state index in [9.17, 15) is 9.59 Å². The SMILES string of the molecule is CN(c1cc(C2CC2)[nH]n1)c1cc(C2=CC=C(F)C(C)(NC(=O)c3cnc(C(C)(C)C)cn3)C2)n[nH]c1=O. The van der Waals surface area contributed by atoms with Crippen LogP contribution in [-0.4, -0.2) is 48.9 Å². The second-order valence-electron chi connectivity index (χ2n) is 11.2. The Bertz CT molecular complexity index is 1490. The maximum atomic E-state index is 15.1. The molecule has 1 saturated carbocycles. The minimum absolute atomic E-state index is 0.0961. The zero-order valence-corrected chi connectivity index (χ0v) is 22.1. The molecule has 0 radical (unpaired) electrons. The first-order valence-corrected chi connectivity index (χ1v) is 12.6. The number of carbonyl (C=O) groups excluding carboxylic acids is 1. The molecule has 1 fully saturated rings. The number of amides is 1. The first-order chi connectivity index (χ1) is 17.9. The second kappa shape index (κ2) is 9.30. The van der Waals surface area contributed by atoms with Gasteiger partial charge in [0.1, 0.15) is 17.2 Å². The number of nitrogens with one attached hydrogen (secondary N) is 3. The predicted octanol–water partition coefficient (Wildman–Crippen LogP) is 4.06. The summed E-state index contributed by atoms with van der Waals surface area (Å²) in [5.41, 5.74) is 1.43. The van der Waals surface area contributed by atoms with E-state index in [4.69, 9.17) is 0 Å². The van der Waals surface area contributed by atoms with Crippen molar-refractivity contribution in [2.75, 3.05) is 11.9 Å². The molecule has 0 aromatic carbocycles. The molecule has 2 aliphatic rings. The smallest absolute Gasteiger partial charge is 0.288 e. The summed E-state index contributed by atoms with van der Waals surface area (Å²) in [6, 6.07) is 3.59. The number of hydrogen-bond donors (Lipinski definition) is 3. The van der Waals surface area contributed by atoms with Gasteiger partial charge in [0, 0.05) is 42.8 Å². The Morgan fingerprint density at radius 3 is 2.55 bits per heavy atom. The molecule has 1 unspecified atom stereocenters. The van der Waals surface area contributed by atoms with Gasteiger partial charge in [-0.05, 0) is 37.5 Å². The Kier molecular flexibility index (Phi) is 6.24. The quantitative estimate of drug-likeness (QED) is 0.448. The minimum atomic E-state index is -1.34. The van der Waals surface area contributed by atoms with Crippen LogP contribution in [0.1, 0.15) is 80.4 Å². The summed E-state index contributed by atoms with van der Waals surface area (Å²) in [6.45, 7) is 7.61. The van der Waals surface area contributed by atoms with E-state index in [2.05, 4.69) is 35.7 Å². The van der Waals surface area contributed by atoms with Crippen LogP contribution < -0.4 is 15.8 Å². The van der Waals surface area contributed by atoms with E-state index < -0.39 is 17.3 Å². The van der Waals surface area contributed by atoms with Gasteiger partial charge in [-0.25, -0.2) is 14.5 Å². The van der Waals surface area contributed by atoms with Crippen molar-refractivity contribution in [2.45, 2.75) is 63.8 Å². The Morgan fingerprint density at radius 1 is 1.13 bits per heavy atom. The van der Waals surface area contributed by atoms with E-state index in [1.54, 1.807) is 37.2 Å². The third-order valence-electron chi connectivity index (χ3n) is 6.96. The molecule has 10 nitrogen and oxygen atoms in total. The van der Waals surface area contributed by atoms with E-state index in [1.165, 1.54) is 12.3 Å². The number of carbonyl (C=O) groups is 1. The monoisotopic (exact) mass is 518 g/mol. The molecule has 11 heteroatoms. The molecular weight excluding hydrogens is 487 g/mol. The van der Waals surface area contributed by atoms with Crippen LogP contribution in [0, 0.1) is 0 Å². The average molecular weight is 519 g/mol. The van der Waals surface area contributed by atoms with Crippen molar-refractivity contribution in [3.05, 3.63) is 75.6 Å². The van der Waals surface area contributed by atoms with Crippen molar-refractivity contribution in [1.29, 1.82) is 0 Å². The number of aromatic nitrogens is 6. The van der Waals surface area contributed by atoms with Crippen LogP contribution in [-0.2, 0) is 5.41 Å². The van der Waals surface area contributed by atoms with Crippen molar-refractivity contribution < 1.29 is 9.18 Å². The van der Waals surface area contributed by atoms with Crippen LogP contribution >= 0.6 is 0 Å². The number of aromatic amines is 2. The van der Waals surface area contributed by atoms with Crippen molar-refractivity contribution in [1.82, 2.24) is 35.7 Å².